The molecule has 0 atom stereocenters. The van der Waals surface area contributed by atoms with Gasteiger partial charge in [0.1, 0.15) is 5.75 Å². The van der Waals surface area contributed by atoms with Crippen molar-refractivity contribution in [1.82, 2.24) is 0 Å². The van der Waals surface area contributed by atoms with Crippen LogP contribution in [-0.2, 0) is 5.75 Å². The van der Waals surface area contributed by atoms with Crippen LogP contribution in [0.1, 0.15) is 25.0 Å². The minimum absolute atomic E-state index is 0.0771. The second-order valence-electron chi connectivity index (χ2n) is 6.32. The predicted octanol–water partition coefficient (Wildman–Crippen LogP) is 5.21. The summed E-state index contributed by atoms with van der Waals surface area (Å²) in [5.41, 5.74) is 8.09. The highest BCUT2D eigenvalue weighted by molar-refractivity contribution is 8.13. The lowest BCUT2D eigenvalue weighted by atomic mass is 10.0. The zero-order valence-electron chi connectivity index (χ0n) is 15.5. The summed E-state index contributed by atoms with van der Waals surface area (Å²) < 4.78 is 5.94. The Kier molecular flexibility index (Phi) is 6.49. The maximum Gasteiger partial charge on any atom is 0.180 e. The van der Waals surface area contributed by atoms with Crippen LogP contribution in [0.5, 0.6) is 5.75 Å². The molecular formula is C22H23N3OS. The van der Waals surface area contributed by atoms with Crippen molar-refractivity contribution in [2.75, 3.05) is 0 Å². The zero-order valence-corrected chi connectivity index (χ0v) is 16.3. The molecule has 0 aliphatic rings. The summed E-state index contributed by atoms with van der Waals surface area (Å²) in [5, 5.41) is 11.0. The Balaban J connectivity index is 1.79. The van der Waals surface area contributed by atoms with Crippen molar-refractivity contribution >= 4 is 33.9 Å². The number of amidine groups is 1. The second kappa shape index (κ2) is 9.24. The van der Waals surface area contributed by atoms with Crippen LogP contribution < -0.4 is 10.5 Å². The third kappa shape index (κ3) is 5.34. The molecule has 0 radical (unpaired) electrons. The fraction of sp³-hybridized carbons (Fsp3) is 0.182. The van der Waals surface area contributed by atoms with Crippen molar-refractivity contribution in [3.63, 3.8) is 0 Å². The molecule has 5 heteroatoms. The quantitative estimate of drug-likeness (QED) is 0.364. The Hall–Kier alpha value is -2.79. The molecule has 0 fully saturated rings. The monoisotopic (exact) mass is 377 g/mol. The third-order valence-corrected chi connectivity index (χ3v) is 4.72. The minimum Gasteiger partial charge on any atom is -0.490 e. The van der Waals surface area contributed by atoms with Gasteiger partial charge in [0.15, 0.2) is 5.17 Å². The molecule has 0 amide bonds. The molecule has 27 heavy (non-hydrogen) atoms. The van der Waals surface area contributed by atoms with Crippen LogP contribution in [0.4, 0.5) is 0 Å². The van der Waals surface area contributed by atoms with E-state index in [2.05, 4.69) is 40.5 Å². The lowest BCUT2D eigenvalue weighted by molar-refractivity contribution is 0.242. The largest absolute Gasteiger partial charge is 0.490 e. The maximum atomic E-state index is 5.99. The van der Waals surface area contributed by atoms with Gasteiger partial charge in [-0.25, -0.2) is 0 Å². The normalized spacial score (nSPS) is 12.2. The summed E-state index contributed by atoms with van der Waals surface area (Å²) in [6.45, 7) is 4.01. The van der Waals surface area contributed by atoms with Crippen molar-refractivity contribution in [3.8, 4) is 5.75 Å². The number of hydrogen-bond acceptors (Lipinski definition) is 4. The number of thioether (sulfide) groups is 1. The van der Waals surface area contributed by atoms with Crippen LogP contribution in [0.2, 0.25) is 0 Å². The van der Waals surface area contributed by atoms with E-state index in [9.17, 15) is 0 Å². The van der Waals surface area contributed by atoms with E-state index in [1.807, 2.05) is 50.2 Å². The molecule has 0 bridgehead atoms. The topological polar surface area (TPSA) is 60.0 Å². The molecule has 2 N–H and O–H groups in total. The number of ether oxygens (including phenoxy) is 1. The summed E-state index contributed by atoms with van der Waals surface area (Å²) in [6, 6.07) is 22.3. The maximum absolute atomic E-state index is 5.99. The van der Waals surface area contributed by atoms with Gasteiger partial charge in [0, 0.05) is 11.3 Å². The number of nitrogens with zero attached hydrogens (tertiary/aromatic N) is 2. The van der Waals surface area contributed by atoms with Gasteiger partial charge in [-0.05, 0) is 36.2 Å². The molecule has 0 heterocycles. The molecule has 3 rings (SSSR count). The SMILES string of the molecule is CC(C)Oc1ccc2ccccc2c1C=NN=C(N)SCc1ccccc1. The van der Waals surface area contributed by atoms with E-state index >= 15 is 0 Å². The fourth-order valence-corrected chi connectivity index (χ4v) is 3.28. The Morgan fingerprint density at radius 2 is 1.78 bits per heavy atom. The zero-order chi connectivity index (χ0) is 19.1. The van der Waals surface area contributed by atoms with E-state index in [1.165, 1.54) is 17.3 Å². The summed E-state index contributed by atoms with van der Waals surface area (Å²) in [6.07, 6.45) is 1.80. The van der Waals surface area contributed by atoms with E-state index in [1.54, 1.807) is 6.21 Å². The lowest BCUT2D eigenvalue weighted by Crippen LogP contribution is -2.08. The highest BCUT2D eigenvalue weighted by Gasteiger charge is 2.08. The van der Waals surface area contributed by atoms with Gasteiger partial charge in [0.05, 0.1) is 12.3 Å². The molecule has 0 saturated carbocycles. The molecule has 0 aromatic heterocycles. The molecule has 4 nitrogen and oxygen atoms in total. The molecule has 3 aromatic carbocycles. The van der Waals surface area contributed by atoms with E-state index < -0.39 is 0 Å². The third-order valence-electron chi connectivity index (χ3n) is 3.87. The van der Waals surface area contributed by atoms with Crippen molar-refractivity contribution in [3.05, 3.63) is 77.9 Å². The van der Waals surface area contributed by atoms with Crippen LogP contribution in [0.15, 0.2) is 76.9 Å². The summed E-state index contributed by atoms with van der Waals surface area (Å²) >= 11 is 1.47. The van der Waals surface area contributed by atoms with Crippen molar-refractivity contribution in [1.29, 1.82) is 0 Å². The average molecular weight is 378 g/mol. The Labute approximate surface area is 164 Å². The summed E-state index contributed by atoms with van der Waals surface area (Å²) in [5.74, 6) is 1.56. The first-order chi connectivity index (χ1) is 13.1. The molecule has 0 unspecified atom stereocenters. The van der Waals surface area contributed by atoms with Crippen LogP contribution >= 0.6 is 11.8 Å². The highest BCUT2D eigenvalue weighted by Crippen LogP contribution is 2.27. The smallest absolute Gasteiger partial charge is 0.180 e. The number of benzene rings is 3. The van der Waals surface area contributed by atoms with Crippen LogP contribution in [0, 0.1) is 0 Å². The first-order valence-electron chi connectivity index (χ1n) is 8.85. The number of nitrogens with two attached hydrogens (primary N) is 1. The highest BCUT2D eigenvalue weighted by atomic mass is 32.2. The van der Waals surface area contributed by atoms with Gasteiger partial charge >= 0.3 is 0 Å². The molecule has 3 aromatic rings. The summed E-state index contributed by atoms with van der Waals surface area (Å²) in [4.78, 5) is 0. The van der Waals surface area contributed by atoms with Gasteiger partial charge in [-0.2, -0.15) is 5.10 Å². The van der Waals surface area contributed by atoms with Crippen LogP contribution in [-0.4, -0.2) is 17.5 Å². The van der Waals surface area contributed by atoms with Crippen LogP contribution in [0.25, 0.3) is 10.8 Å². The van der Waals surface area contributed by atoms with Crippen molar-refractivity contribution in [2.45, 2.75) is 25.7 Å². The van der Waals surface area contributed by atoms with Crippen molar-refractivity contribution in [2.24, 2.45) is 15.9 Å². The van der Waals surface area contributed by atoms with E-state index in [-0.39, 0.29) is 6.10 Å². The molecule has 0 spiro atoms. The molecule has 138 valence electrons. The molecular weight excluding hydrogens is 354 g/mol. The second-order valence-corrected chi connectivity index (χ2v) is 7.32. The predicted molar refractivity (Wildman–Crippen MR) is 117 cm³/mol. The average Bonchev–Trinajstić information content (AvgIpc) is 2.68. The Morgan fingerprint density at radius 1 is 1.04 bits per heavy atom. The number of rotatable bonds is 6. The fourth-order valence-electron chi connectivity index (χ4n) is 2.67. The first-order valence-corrected chi connectivity index (χ1v) is 9.83. The van der Waals surface area contributed by atoms with Crippen molar-refractivity contribution < 1.29 is 4.74 Å². The molecule has 0 aliphatic heterocycles. The first kappa shape index (κ1) is 19.0. The van der Waals surface area contributed by atoms with Crippen LogP contribution in [0.3, 0.4) is 0 Å². The van der Waals surface area contributed by atoms with Gasteiger partial charge in [0.25, 0.3) is 0 Å². The standard InChI is InChI=1S/C22H23N3OS/c1-16(2)26-21-13-12-18-10-6-7-11-19(18)20(21)14-24-25-22(23)27-15-17-8-4-3-5-9-17/h3-14,16H,15H2,1-2H3,(H2,23,25). The van der Waals surface area contributed by atoms with E-state index in [0.717, 1.165) is 27.8 Å². The van der Waals surface area contributed by atoms with Gasteiger partial charge in [-0.1, -0.05) is 72.4 Å². The van der Waals surface area contributed by atoms with Gasteiger partial charge < -0.3 is 10.5 Å². The number of hydrogen-bond donors (Lipinski definition) is 1. The lowest BCUT2D eigenvalue weighted by Gasteiger charge is -2.14. The Morgan fingerprint density at radius 3 is 2.56 bits per heavy atom. The molecule has 0 aliphatic carbocycles. The number of fused-ring (bicyclic) bond motifs is 1. The summed E-state index contributed by atoms with van der Waals surface area (Å²) in [7, 11) is 0. The van der Waals surface area contributed by atoms with Gasteiger partial charge in [-0.15, -0.1) is 5.10 Å². The van der Waals surface area contributed by atoms with Gasteiger partial charge in [0.2, 0.25) is 0 Å². The molecule has 0 saturated heterocycles. The van der Waals surface area contributed by atoms with E-state index in [4.69, 9.17) is 10.5 Å². The Bertz CT molecular complexity index is 952. The van der Waals surface area contributed by atoms with Gasteiger partial charge in [-0.3, -0.25) is 0 Å². The van der Waals surface area contributed by atoms with E-state index in [0.29, 0.717) is 5.17 Å². The minimum atomic E-state index is 0.0771.